The summed E-state index contributed by atoms with van der Waals surface area (Å²) < 4.78 is 0. The number of fused-ring (bicyclic) bond motifs is 1. The van der Waals surface area contributed by atoms with E-state index in [0.29, 0.717) is 11.6 Å². The fourth-order valence-electron chi connectivity index (χ4n) is 2.88. The van der Waals surface area contributed by atoms with Gasteiger partial charge in [0.05, 0.1) is 5.56 Å². The molecule has 1 aliphatic rings. The molecule has 0 aromatic heterocycles. The lowest BCUT2D eigenvalue weighted by Crippen LogP contribution is -2.23. The molecule has 0 bridgehead atoms. The highest BCUT2D eigenvalue weighted by molar-refractivity contribution is 6.07. The summed E-state index contributed by atoms with van der Waals surface area (Å²) in [7, 11) is 2.12. The third-order valence-electron chi connectivity index (χ3n) is 3.91. The molecule has 1 unspecified atom stereocenters. The Labute approximate surface area is 118 Å². The fourth-order valence-corrected chi connectivity index (χ4v) is 2.88. The highest BCUT2D eigenvalue weighted by atomic mass is 16.4. The van der Waals surface area contributed by atoms with Crippen molar-refractivity contribution >= 4 is 22.4 Å². The predicted octanol–water partition coefficient (Wildman–Crippen LogP) is 2.65. The zero-order chi connectivity index (χ0) is 14.1. The lowest BCUT2D eigenvalue weighted by atomic mass is 10.0. The summed E-state index contributed by atoms with van der Waals surface area (Å²) >= 11 is 0. The van der Waals surface area contributed by atoms with Crippen molar-refractivity contribution in [3.63, 3.8) is 0 Å². The summed E-state index contributed by atoms with van der Waals surface area (Å²) in [5.41, 5.74) is 1.38. The van der Waals surface area contributed by atoms with Crippen LogP contribution in [0.3, 0.4) is 0 Å². The molecule has 1 atom stereocenters. The number of carboxylic acids is 1. The number of anilines is 1. The zero-order valence-electron chi connectivity index (χ0n) is 11.5. The first kappa shape index (κ1) is 12.9. The van der Waals surface area contributed by atoms with Gasteiger partial charge in [-0.2, -0.15) is 0 Å². The van der Waals surface area contributed by atoms with Crippen molar-refractivity contribution in [1.29, 1.82) is 0 Å². The topological polar surface area (TPSA) is 52.6 Å². The number of likely N-dealkylation sites (tertiary alicyclic amines) is 1. The van der Waals surface area contributed by atoms with E-state index in [1.807, 2.05) is 30.3 Å². The third-order valence-corrected chi connectivity index (χ3v) is 3.91. The number of hydrogen-bond donors (Lipinski definition) is 2. The Morgan fingerprint density at radius 2 is 2.00 bits per heavy atom. The van der Waals surface area contributed by atoms with Crippen LogP contribution in [0, 0.1) is 0 Å². The van der Waals surface area contributed by atoms with Crippen molar-refractivity contribution in [2.24, 2.45) is 0 Å². The van der Waals surface area contributed by atoms with Gasteiger partial charge < -0.3 is 15.3 Å². The predicted molar refractivity (Wildman–Crippen MR) is 80.4 cm³/mol. The maximum Gasteiger partial charge on any atom is 0.336 e. The monoisotopic (exact) mass is 270 g/mol. The standard InChI is InChI=1S/C16H18N2O2/c1-18-9-8-11(10-18)17-15-7-6-14(16(19)20)12-4-2-3-5-13(12)15/h2-7,11,17H,8-10H2,1H3,(H,19,20). The molecule has 2 aromatic rings. The Morgan fingerprint density at radius 1 is 1.25 bits per heavy atom. The van der Waals surface area contributed by atoms with Crippen LogP contribution < -0.4 is 5.32 Å². The van der Waals surface area contributed by atoms with E-state index in [1.165, 1.54) is 0 Å². The van der Waals surface area contributed by atoms with Crippen molar-refractivity contribution in [2.75, 3.05) is 25.5 Å². The fraction of sp³-hybridized carbons (Fsp3) is 0.312. The minimum atomic E-state index is -0.881. The number of nitrogens with one attached hydrogen (secondary N) is 1. The molecule has 1 aliphatic heterocycles. The van der Waals surface area contributed by atoms with Crippen molar-refractivity contribution < 1.29 is 9.90 Å². The minimum Gasteiger partial charge on any atom is -0.478 e. The third kappa shape index (κ3) is 2.34. The highest BCUT2D eigenvalue weighted by Gasteiger charge is 2.20. The van der Waals surface area contributed by atoms with Crippen LogP contribution in [-0.4, -0.2) is 42.2 Å². The maximum absolute atomic E-state index is 11.3. The van der Waals surface area contributed by atoms with E-state index in [0.717, 1.165) is 36.0 Å². The number of carboxylic acid groups (broad SMARTS) is 1. The SMILES string of the molecule is CN1CCC(Nc2ccc(C(=O)O)c3ccccc23)C1. The van der Waals surface area contributed by atoms with Gasteiger partial charge in [0.25, 0.3) is 0 Å². The highest BCUT2D eigenvalue weighted by Crippen LogP contribution is 2.28. The molecule has 0 aliphatic carbocycles. The molecule has 0 spiro atoms. The van der Waals surface area contributed by atoms with Crippen LogP contribution in [-0.2, 0) is 0 Å². The Kier molecular flexibility index (Phi) is 3.32. The van der Waals surface area contributed by atoms with Crippen LogP contribution >= 0.6 is 0 Å². The summed E-state index contributed by atoms with van der Waals surface area (Å²) in [6, 6.07) is 11.7. The number of aromatic carboxylic acids is 1. The van der Waals surface area contributed by atoms with Crippen molar-refractivity contribution in [1.82, 2.24) is 4.90 Å². The second-order valence-corrected chi connectivity index (χ2v) is 5.40. The number of nitrogens with zero attached hydrogens (tertiary/aromatic N) is 1. The summed E-state index contributed by atoms with van der Waals surface area (Å²) in [5.74, 6) is -0.881. The van der Waals surface area contributed by atoms with Gasteiger partial charge in [0, 0.05) is 23.7 Å². The van der Waals surface area contributed by atoms with Crippen molar-refractivity contribution in [2.45, 2.75) is 12.5 Å². The van der Waals surface area contributed by atoms with Gasteiger partial charge >= 0.3 is 5.97 Å². The van der Waals surface area contributed by atoms with E-state index in [2.05, 4.69) is 17.3 Å². The van der Waals surface area contributed by atoms with Gasteiger partial charge in [0.15, 0.2) is 0 Å². The molecule has 1 fully saturated rings. The quantitative estimate of drug-likeness (QED) is 0.900. The average Bonchev–Trinajstić information content (AvgIpc) is 2.84. The van der Waals surface area contributed by atoms with E-state index >= 15 is 0 Å². The second-order valence-electron chi connectivity index (χ2n) is 5.40. The first-order valence-electron chi connectivity index (χ1n) is 6.85. The molecule has 0 saturated carbocycles. The molecule has 1 heterocycles. The lowest BCUT2D eigenvalue weighted by molar-refractivity contribution is 0.0699. The first-order chi connectivity index (χ1) is 9.65. The van der Waals surface area contributed by atoms with Crippen LogP contribution in [0.2, 0.25) is 0 Å². The lowest BCUT2D eigenvalue weighted by Gasteiger charge is -2.17. The Balaban J connectivity index is 2.00. The molecule has 2 N–H and O–H groups in total. The number of benzene rings is 2. The number of hydrogen-bond acceptors (Lipinski definition) is 3. The van der Waals surface area contributed by atoms with Gasteiger partial charge in [-0.25, -0.2) is 4.79 Å². The minimum absolute atomic E-state index is 0.356. The normalized spacial score (nSPS) is 19.4. The molecule has 3 rings (SSSR count). The summed E-state index contributed by atoms with van der Waals surface area (Å²) in [6.45, 7) is 2.12. The second kappa shape index (κ2) is 5.13. The van der Waals surface area contributed by atoms with Crippen molar-refractivity contribution in [3.8, 4) is 0 Å². The van der Waals surface area contributed by atoms with Crippen LogP contribution in [0.1, 0.15) is 16.8 Å². The van der Waals surface area contributed by atoms with Gasteiger partial charge in [0.1, 0.15) is 0 Å². The molecule has 104 valence electrons. The summed E-state index contributed by atoms with van der Waals surface area (Å²) in [4.78, 5) is 13.6. The van der Waals surface area contributed by atoms with E-state index in [9.17, 15) is 9.90 Å². The number of carbonyl (C=O) groups is 1. The summed E-state index contributed by atoms with van der Waals surface area (Å²) in [5, 5.41) is 14.6. The average molecular weight is 270 g/mol. The summed E-state index contributed by atoms with van der Waals surface area (Å²) in [6.07, 6.45) is 1.12. The molecule has 2 aromatic carbocycles. The molecular formula is C16H18N2O2. The van der Waals surface area contributed by atoms with Gasteiger partial charge in [-0.15, -0.1) is 0 Å². The molecule has 0 radical (unpaired) electrons. The molecular weight excluding hydrogens is 252 g/mol. The molecule has 1 saturated heterocycles. The largest absolute Gasteiger partial charge is 0.478 e. The van der Waals surface area contributed by atoms with Gasteiger partial charge in [-0.05, 0) is 37.5 Å². The number of likely N-dealkylation sites (N-methyl/N-ethyl adjacent to an activating group) is 1. The van der Waals surface area contributed by atoms with E-state index in [-0.39, 0.29) is 0 Å². The molecule has 4 heteroatoms. The molecule has 0 amide bonds. The first-order valence-corrected chi connectivity index (χ1v) is 6.85. The smallest absolute Gasteiger partial charge is 0.336 e. The van der Waals surface area contributed by atoms with Crippen molar-refractivity contribution in [3.05, 3.63) is 42.0 Å². The van der Waals surface area contributed by atoms with Crippen LogP contribution in [0.4, 0.5) is 5.69 Å². The Bertz CT molecular complexity index is 654. The van der Waals surface area contributed by atoms with Gasteiger partial charge in [-0.1, -0.05) is 24.3 Å². The van der Waals surface area contributed by atoms with E-state index < -0.39 is 5.97 Å². The van der Waals surface area contributed by atoms with Crippen LogP contribution in [0.5, 0.6) is 0 Å². The zero-order valence-corrected chi connectivity index (χ0v) is 11.5. The van der Waals surface area contributed by atoms with Gasteiger partial charge in [0.2, 0.25) is 0 Å². The van der Waals surface area contributed by atoms with Crippen LogP contribution in [0.15, 0.2) is 36.4 Å². The Hall–Kier alpha value is -2.07. The van der Waals surface area contributed by atoms with E-state index in [1.54, 1.807) is 6.07 Å². The van der Waals surface area contributed by atoms with Gasteiger partial charge in [-0.3, -0.25) is 0 Å². The maximum atomic E-state index is 11.3. The Morgan fingerprint density at radius 3 is 2.65 bits per heavy atom. The molecule has 4 nitrogen and oxygen atoms in total. The van der Waals surface area contributed by atoms with Crippen LogP contribution in [0.25, 0.3) is 10.8 Å². The van der Waals surface area contributed by atoms with E-state index in [4.69, 9.17) is 0 Å². The molecule has 20 heavy (non-hydrogen) atoms. The number of rotatable bonds is 3.